The van der Waals surface area contributed by atoms with Gasteiger partial charge >= 0.3 is 6.18 Å². The van der Waals surface area contributed by atoms with Crippen LogP contribution in [0, 0.1) is 0 Å². The third-order valence-electron chi connectivity index (χ3n) is 4.62. The minimum absolute atomic E-state index is 0.0698. The number of benzene rings is 1. The molecule has 0 unspecified atom stereocenters. The number of ether oxygens (including phenoxy) is 1. The van der Waals surface area contributed by atoms with Gasteiger partial charge < -0.3 is 9.26 Å². The Morgan fingerprint density at radius 2 is 1.90 bits per heavy atom. The van der Waals surface area contributed by atoms with E-state index in [0.717, 1.165) is 44.6 Å². The number of hydrogen-bond acceptors (Lipinski definition) is 4. The fraction of sp³-hybridized carbons (Fsp3) is 0.545. The highest BCUT2D eigenvalue weighted by Gasteiger charge is 2.35. The van der Waals surface area contributed by atoms with Crippen LogP contribution in [0.4, 0.5) is 13.2 Å². The molecule has 1 aromatic carbocycles. The maximum atomic E-state index is 13.5. The number of unbranched alkanes of at least 4 members (excludes halogenated alkanes) is 3. The summed E-state index contributed by atoms with van der Waals surface area (Å²) < 4.78 is 51.2. The average molecular weight is 410 g/mol. The Kier molecular flexibility index (Phi) is 8.73. The van der Waals surface area contributed by atoms with Crippen LogP contribution in [0.15, 0.2) is 34.9 Å². The zero-order chi connectivity index (χ0) is 21.3. The van der Waals surface area contributed by atoms with Crippen molar-refractivity contribution in [3.8, 4) is 17.1 Å². The second kappa shape index (κ2) is 11.0. The fourth-order valence-corrected chi connectivity index (χ4v) is 2.85. The standard InChI is InChI=1S/C22H29F3N2O2/c1-4-6-8-9-10-14-28-19-13-12-17(15-18(19)22(23,24)25)20-26-21(29-27-20)16(3)11-7-5-2/h9-10,12-13,15-16H,4-8,11,14H2,1-3H3/b10-9+/t16-/m0/s1. The van der Waals surface area contributed by atoms with E-state index >= 15 is 0 Å². The normalized spacial score (nSPS) is 13.2. The van der Waals surface area contributed by atoms with Gasteiger partial charge in [0.2, 0.25) is 11.7 Å². The van der Waals surface area contributed by atoms with E-state index in [2.05, 4.69) is 24.0 Å². The highest BCUT2D eigenvalue weighted by Crippen LogP contribution is 2.38. The molecule has 0 N–H and O–H groups in total. The molecule has 1 heterocycles. The SMILES string of the molecule is CCCC/C=C/COc1ccc(-c2noc([C@@H](C)CCCC)n2)cc1C(F)(F)F. The third-order valence-corrected chi connectivity index (χ3v) is 4.62. The summed E-state index contributed by atoms with van der Waals surface area (Å²) in [5.74, 6) is 0.459. The van der Waals surface area contributed by atoms with E-state index in [-0.39, 0.29) is 29.7 Å². The summed E-state index contributed by atoms with van der Waals surface area (Å²) in [6, 6.07) is 3.85. The van der Waals surface area contributed by atoms with Gasteiger partial charge in [0, 0.05) is 11.5 Å². The van der Waals surface area contributed by atoms with Gasteiger partial charge in [-0.05, 0) is 31.0 Å². The molecule has 0 spiro atoms. The molecular weight excluding hydrogens is 381 g/mol. The molecule has 0 aliphatic carbocycles. The molecule has 0 aliphatic heterocycles. The first-order valence-electron chi connectivity index (χ1n) is 10.2. The lowest BCUT2D eigenvalue weighted by Gasteiger charge is -2.14. The van der Waals surface area contributed by atoms with Gasteiger partial charge in [-0.25, -0.2) is 0 Å². The van der Waals surface area contributed by atoms with Crippen LogP contribution in [0.5, 0.6) is 5.75 Å². The second-order valence-corrected chi connectivity index (χ2v) is 7.13. The van der Waals surface area contributed by atoms with Gasteiger partial charge in [-0.2, -0.15) is 18.2 Å². The van der Waals surface area contributed by atoms with Crippen molar-refractivity contribution >= 4 is 0 Å². The van der Waals surface area contributed by atoms with Crippen LogP contribution in [0.25, 0.3) is 11.4 Å². The molecular formula is C22H29F3N2O2. The number of nitrogens with zero attached hydrogens (tertiary/aromatic N) is 2. The van der Waals surface area contributed by atoms with Crippen molar-refractivity contribution in [2.45, 2.75) is 71.4 Å². The molecule has 1 atom stereocenters. The summed E-state index contributed by atoms with van der Waals surface area (Å²) in [5, 5.41) is 3.87. The monoisotopic (exact) mass is 410 g/mol. The molecule has 0 aliphatic rings. The molecule has 1 aromatic heterocycles. The molecule has 160 valence electrons. The largest absolute Gasteiger partial charge is 0.489 e. The maximum Gasteiger partial charge on any atom is 0.419 e. The lowest BCUT2D eigenvalue weighted by Crippen LogP contribution is -2.09. The van der Waals surface area contributed by atoms with E-state index in [4.69, 9.17) is 9.26 Å². The quantitative estimate of drug-likeness (QED) is 0.291. The lowest BCUT2D eigenvalue weighted by atomic mass is 10.0. The Bertz CT molecular complexity index is 785. The van der Waals surface area contributed by atoms with Crippen molar-refractivity contribution < 1.29 is 22.4 Å². The maximum absolute atomic E-state index is 13.5. The Morgan fingerprint density at radius 3 is 2.59 bits per heavy atom. The number of halogens is 3. The predicted molar refractivity (Wildman–Crippen MR) is 107 cm³/mol. The van der Waals surface area contributed by atoms with E-state index in [9.17, 15) is 13.2 Å². The molecule has 0 radical (unpaired) electrons. The van der Waals surface area contributed by atoms with Gasteiger partial charge in [-0.3, -0.25) is 0 Å². The van der Waals surface area contributed by atoms with Crippen LogP contribution < -0.4 is 4.74 Å². The summed E-state index contributed by atoms with van der Waals surface area (Å²) in [5.41, 5.74) is -0.594. The van der Waals surface area contributed by atoms with E-state index in [1.54, 1.807) is 6.08 Å². The Balaban J connectivity index is 2.16. The van der Waals surface area contributed by atoms with E-state index in [1.165, 1.54) is 12.1 Å². The van der Waals surface area contributed by atoms with Gasteiger partial charge in [0.25, 0.3) is 0 Å². The number of alkyl halides is 3. The van der Waals surface area contributed by atoms with E-state index < -0.39 is 11.7 Å². The molecule has 29 heavy (non-hydrogen) atoms. The molecule has 2 rings (SSSR count). The highest BCUT2D eigenvalue weighted by molar-refractivity contribution is 5.59. The van der Waals surface area contributed by atoms with Crippen LogP contribution in [0.1, 0.15) is 76.7 Å². The minimum Gasteiger partial charge on any atom is -0.489 e. The van der Waals surface area contributed by atoms with E-state index in [1.807, 2.05) is 13.0 Å². The lowest BCUT2D eigenvalue weighted by molar-refractivity contribution is -0.138. The fourth-order valence-electron chi connectivity index (χ4n) is 2.85. The van der Waals surface area contributed by atoms with Gasteiger partial charge in [-0.15, -0.1) is 0 Å². The van der Waals surface area contributed by atoms with Crippen LogP contribution >= 0.6 is 0 Å². The smallest absolute Gasteiger partial charge is 0.419 e. The topological polar surface area (TPSA) is 48.2 Å². The predicted octanol–water partition coefficient (Wildman–Crippen LogP) is 7.17. The minimum atomic E-state index is -4.54. The summed E-state index contributed by atoms with van der Waals surface area (Å²) in [6.07, 6.45) is 5.09. The Morgan fingerprint density at radius 1 is 1.14 bits per heavy atom. The first kappa shape index (κ1) is 23.0. The highest BCUT2D eigenvalue weighted by atomic mass is 19.4. The van der Waals surface area contributed by atoms with Crippen LogP contribution in [-0.4, -0.2) is 16.7 Å². The molecule has 0 fully saturated rings. The van der Waals surface area contributed by atoms with Gasteiger partial charge in [0.1, 0.15) is 12.4 Å². The molecule has 0 amide bonds. The van der Waals surface area contributed by atoms with Crippen molar-refractivity contribution in [3.63, 3.8) is 0 Å². The Hall–Kier alpha value is -2.31. The van der Waals surface area contributed by atoms with Crippen LogP contribution in [-0.2, 0) is 6.18 Å². The first-order chi connectivity index (χ1) is 13.9. The summed E-state index contributed by atoms with van der Waals surface area (Å²) >= 11 is 0. The number of rotatable bonds is 11. The third kappa shape index (κ3) is 6.91. The molecule has 0 saturated carbocycles. The average Bonchev–Trinajstić information content (AvgIpc) is 3.18. The zero-order valence-electron chi connectivity index (χ0n) is 17.3. The molecule has 7 heteroatoms. The molecule has 4 nitrogen and oxygen atoms in total. The first-order valence-corrected chi connectivity index (χ1v) is 10.2. The van der Waals surface area contributed by atoms with Gasteiger partial charge in [0.15, 0.2) is 0 Å². The number of hydrogen-bond donors (Lipinski definition) is 0. The zero-order valence-corrected chi connectivity index (χ0v) is 17.3. The number of allylic oxidation sites excluding steroid dienone is 1. The van der Waals surface area contributed by atoms with Crippen molar-refractivity contribution in [2.75, 3.05) is 6.61 Å². The number of aromatic nitrogens is 2. The molecule has 2 aromatic rings. The van der Waals surface area contributed by atoms with Crippen molar-refractivity contribution in [1.82, 2.24) is 10.1 Å². The summed E-state index contributed by atoms with van der Waals surface area (Å²) in [6.45, 7) is 6.24. The van der Waals surface area contributed by atoms with Crippen LogP contribution in [0.2, 0.25) is 0 Å². The second-order valence-electron chi connectivity index (χ2n) is 7.13. The summed E-state index contributed by atoms with van der Waals surface area (Å²) in [7, 11) is 0. The summed E-state index contributed by atoms with van der Waals surface area (Å²) in [4.78, 5) is 4.29. The Labute approximate surface area is 170 Å². The van der Waals surface area contributed by atoms with Gasteiger partial charge in [0.05, 0.1) is 5.56 Å². The van der Waals surface area contributed by atoms with Crippen molar-refractivity contribution in [2.24, 2.45) is 0 Å². The van der Waals surface area contributed by atoms with Crippen molar-refractivity contribution in [1.29, 1.82) is 0 Å². The molecule has 0 bridgehead atoms. The molecule has 0 saturated heterocycles. The van der Waals surface area contributed by atoms with Gasteiger partial charge in [-0.1, -0.05) is 63.8 Å². The van der Waals surface area contributed by atoms with Crippen LogP contribution in [0.3, 0.4) is 0 Å². The van der Waals surface area contributed by atoms with Crippen molar-refractivity contribution in [3.05, 3.63) is 41.8 Å². The van der Waals surface area contributed by atoms with E-state index in [0.29, 0.717) is 5.89 Å².